The van der Waals surface area contributed by atoms with E-state index in [2.05, 4.69) is 4.98 Å². The van der Waals surface area contributed by atoms with Gasteiger partial charge in [0.05, 0.1) is 13.0 Å². The van der Waals surface area contributed by atoms with Gasteiger partial charge in [-0.25, -0.2) is 13.8 Å². The zero-order valence-corrected chi connectivity index (χ0v) is 10.2. The van der Waals surface area contributed by atoms with Crippen molar-refractivity contribution in [2.24, 2.45) is 0 Å². The van der Waals surface area contributed by atoms with E-state index in [4.69, 9.17) is 16.3 Å². The zero-order chi connectivity index (χ0) is 13.0. The molecule has 94 valence electrons. The van der Waals surface area contributed by atoms with Crippen molar-refractivity contribution in [2.75, 3.05) is 6.61 Å². The lowest BCUT2D eigenvalue weighted by atomic mass is 10.1. The van der Waals surface area contributed by atoms with Gasteiger partial charge in [-0.05, 0) is 31.0 Å². The normalized spacial score (nSPS) is 10.7. The lowest BCUT2D eigenvalue weighted by molar-refractivity contribution is -0.142. The molecule has 0 radical (unpaired) electrons. The quantitative estimate of drug-likeness (QED) is 0.619. The van der Waals surface area contributed by atoms with Crippen LogP contribution in [0.15, 0.2) is 6.07 Å². The Bertz CT molecular complexity index is 424. The van der Waals surface area contributed by atoms with Gasteiger partial charge in [-0.15, -0.1) is 0 Å². The zero-order valence-electron chi connectivity index (χ0n) is 9.47. The fourth-order valence-electron chi connectivity index (χ4n) is 1.41. The van der Waals surface area contributed by atoms with Gasteiger partial charge in [0.2, 0.25) is 0 Å². The predicted octanol–water partition coefficient (Wildman–Crippen LogP) is 3.09. The first-order valence-electron chi connectivity index (χ1n) is 5.05. The fraction of sp³-hybridized carbons (Fsp3) is 0.455. The minimum Gasteiger partial charge on any atom is -0.466 e. The molecule has 0 spiro atoms. The van der Waals surface area contributed by atoms with Crippen LogP contribution in [-0.4, -0.2) is 17.6 Å². The first-order valence-corrected chi connectivity index (χ1v) is 5.43. The molecule has 6 heteroatoms. The van der Waals surface area contributed by atoms with Crippen molar-refractivity contribution in [3.8, 4) is 0 Å². The SMILES string of the molecule is CCOC(=O)Cc1cc(Cl)nc(C(F)F)c1C. The van der Waals surface area contributed by atoms with Gasteiger partial charge < -0.3 is 4.74 Å². The van der Waals surface area contributed by atoms with Gasteiger partial charge in [0.25, 0.3) is 6.43 Å². The number of esters is 1. The van der Waals surface area contributed by atoms with Crippen molar-refractivity contribution < 1.29 is 18.3 Å². The number of hydrogen-bond acceptors (Lipinski definition) is 3. The summed E-state index contributed by atoms with van der Waals surface area (Å²) in [6.45, 7) is 3.41. The summed E-state index contributed by atoms with van der Waals surface area (Å²) < 4.78 is 30.0. The molecule has 1 aromatic heterocycles. The third kappa shape index (κ3) is 3.63. The molecule has 0 saturated heterocycles. The largest absolute Gasteiger partial charge is 0.466 e. The van der Waals surface area contributed by atoms with Crippen LogP contribution in [0.25, 0.3) is 0 Å². The van der Waals surface area contributed by atoms with E-state index < -0.39 is 18.1 Å². The van der Waals surface area contributed by atoms with Crippen LogP contribution in [0.4, 0.5) is 8.78 Å². The number of rotatable bonds is 4. The summed E-state index contributed by atoms with van der Waals surface area (Å²) in [5, 5.41) is -0.0507. The number of aromatic nitrogens is 1. The first-order chi connectivity index (χ1) is 7.95. The van der Waals surface area contributed by atoms with E-state index in [1.807, 2.05) is 0 Å². The van der Waals surface area contributed by atoms with Crippen molar-refractivity contribution >= 4 is 17.6 Å². The maximum atomic E-state index is 12.6. The molecule has 17 heavy (non-hydrogen) atoms. The molecule has 1 rings (SSSR count). The van der Waals surface area contributed by atoms with Gasteiger partial charge in [-0.1, -0.05) is 11.6 Å². The average molecular weight is 264 g/mol. The lowest BCUT2D eigenvalue weighted by Gasteiger charge is -2.10. The summed E-state index contributed by atoms with van der Waals surface area (Å²) >= 11 is 5.63. The van der Waals surface area contributed by atoms with Crippen LogP contribution in [-0.2, 0) is 16.0 Å². The molecular formula is C11H12ClF2NO2. The highest BCUT2D eigenvalue weighted by molar-refractivity contribution is 6.29. The molecule has 0 aromatic carbocycles. The van der Waals surface area contributed by atoms with Crippen molar-refractivity contribution in [3.05, 3.63) is 28.0 Å². The Hall–Kier alpha value is -1.23. The lowest BCUT2D eigenvalue weighted by Crippen LogP contribution is -2.10. The van der Waals surface area contributed by atoms with Gasteiger partial charge in [-0.2, -0.15) is 0 Å². The van der Waals surface area contributed by atoms with E-state index in [1.54, 1.807) is 6.92 Å². The average Bonchev–Trinajstić information content (AvgIpc) is 2.22. The Morgan fingerprint density at radius 3 is 2.76 bits per heavy atom. The van der Waals surface area contributed by atoms with Crippen molar-refractivity contribution in [3.63, 3.8) is 0 Å². The van der Waals surface area contributed by atoms with Crippen LogP contribution in [0.3, 0.4) is 0 Å². The fourth-order valence-corrected chi connectivity index (χ4v) is 1.63. The first kappa shape index (κ1) is 13.8. The Kier molecular flexibility index (Phi) is 4.81. The van der Waals surface area contributed by atoms with Gasteiger partial charge in [0.1, 0.15) is 10.8 Å². The summed E-state index contributed by atoms with van der Waals surface area (Å²) in [7, 11) is 0. The second-order valence-corrected chi connectivity index (χ2v) is 3.78. The number of nitrogens with zero attached hydrogens (tertiary/aromatic N) is 1. The molecule has 0 fully saturated rings. The van der Waals surface area contributed by atoms with Crippen molar-refractivity contribution in [2.45, 2.75) is 26.7 Å². The topological polar surface area (TPSA) is 39.2 Å². The van der Waals surface area contributed by atoms with E-state index in [-0.39, 0.29) is 23.7 Å². The molecular weight excluding hydrogens is 252 g/mol. The summed E-state index contributed by atoms with van der Waals surface area (Å²) in [5.41, 5.74) is 0.299. The van der Waals surface area contributed by atoms with E-state index in [9.17, 15) is 13.6 Å². The summed E-state index contributed by atoms with van der Waals surface area (Å²) in [6.07, 6.45) is -2.80. The van der Waals surface area contributed by atoms with E-state index >= 15 is 0 Å². The minimum absolute atomic E-state index is 0.0507. The van der Waals surface area contributed by atoms with Gasteiger partial charge in [0.15, 0.2) is 0 Å². The second-order valence-electron chi connectivity index (χ2n) is 3.40. The molecule has 0 aliphatic rings. The van der Waals surface area contributed by atoms with Crippen molar-refractivity contribution in [1.29, 1.82) is 0 Å². The van der Waals surface area contributed by atoms with E-state index in [1.165, 1.54) is 13.0 Å². The van der Waals surface area contributed by atoms with Gasteiger partial charge in [-0.3, -0.25) is 4.79 Å². The number of ether oxygens (including phenoxy) is 1. The monoisotopic (exact) mass is 263 g/mol. The highest BCUT2D eigenvalue weighted by atomic mass is 35.5. The molecule has 3 nitrogen and oxygen atoms in total. The number of pyridine rings is 1. The summed E-state index contributed by atoms with van der Waals surface area (Å²) in [4.78, 5) is 14.8. The van der Waals surface area contributed by atoms with Crippen molar-refractivity contribution in [1.82, 2.24) is 4.98 Å². The van der Waals surface area contributed by atoms with Crippen LogP contribution in [0.2, 0.25) is 5.15 Å². The van der Waals surface area contributed by atoms with Gasteiger partial charge in [0, 0.05) is 0 Å². The van der Waals surface area contributed by atoms with E-state index in [0.717, 1.165) is 0 Å². The van der Waals surface area contributed by atoms with Gasteiger partial charge >= 0.3 is 5.97 Å². The number of carbonyl (C=O) groups is 1. The Labute approximate surface area is 103 Å². The number of alkyl halides is 2. The molecule has 0 unspecified atom stereocenters. The molecule has 0 bridgehead atoms. The maximum Gasteiger partial charge on any atom is 0.310 e. The van der Waals surface area contributed by atoms with Crippen LogP contribution >= 0.6 is 11.6 Å². The molecule has 0 N–H and O–H groups in total. The molecule has 0 aliphatic heterocycles. The summed E-state index contributed by atoms with van der Waals surface area (Å²) in [5.74, 6) is -0.474. The molecule has 0 aliphatic carbocycles. The van der Waals surface area contributed by atoms with Crippen LogP contribution in [0.5, 0.6) is 0 Å². The third-order valence-corrected chi connectivity index (χ3v) is 2.43. The molecule has 0 amide bonds. The van der Waals surface area contributed by atoms with Crippen LogP contribution in [0.1, 0.15) is 30.2 Å². The Balaban J connectivity index is 3.03. The number of halogens is 3. The Morgan fingerprint density at radius 1 is 1.59 bits per heavy atom. The smallest absolute Gasteiger partial charge is 0.310 e. The number of hydrogen-bond donors (Lipinski definition) is 0. The van der Waals surface area contributed by atoms with E-state index in [0.29, 0.717) is 5.56 Å². The highest BCUT2D eigenvalue weighted by Gasteiger charge is 2.18. The van der Waals surface area contributed by atoms with Crippen LogP contribution in [0, 0.1) is 6.92 Å². The molecule has 0 atom stereocenters. The van der Waals surface area contributed by atoms with Crippen LogP contribution < -0.4 is 0 Å². The molecule has 0 saturated carbocycles. The maximum absolute atomic E-state index is 12.6. The summed E-state index contributed by atoms with van der Waals surface area (Å²) in [6, 6.07) is 1.40. The molecule has 1 aromatic rings. The minimum atomic E-state index is -2.71. The number of carbonyl (C=O) groups excluding carboxylic acids is 1. The standard InChI is InChI=1S/C11H12ClF2NO2/c1-3-17-9(16)5-7-4-8(12)15-10(6(7)2)11(13)14/h4,11H,3,5H2,1-2H3. The second kappa shape index (κ2) is 5.91. The molecule has 1 heterocycles. The third-order valence-electron chi connectivity index (χ3n) is 2.23. The Morgan fingerprint density at radius 2 is 2.24 bits per heavy atom. The highest BCUT2D eigenvalue weighted by Crippen LogP contribution is 2.25. The predicted molar refractivity (Wildman–Crippen MR) is 59.3 cm³/mol.